The van der Waals surface area contributed by atoms with E-state index in [0.717, 1.165) is 12.0 Å². The minimum Gasteiger partial charge on any atom is -0.388 e. The Morgan fingerprint density at radius 3 is 2.52 bits per heavy atom. The van der Waals surface area contributed by atoms with E-state index in [1.807, 2.05) is 24.3 Å². The molecule has 1 aromatic rings. The van der Waals surface area contributed by atoms with Crippen molar-refractivity contribution in [3.8, 4) is 0 Å². The number of benzene rings is 1. The fourth-order valence-electron chi connectivity index (χ4n) is 2.62. The van der Waals surface area contributed by atoms with Crippen LogP contribution in [0.5, 0.6) is 0 Å². The van der Waals surface area contributed by atoms with Gasteiger partial charge in [0.05, 0.1) is 5.60 Å². The fourth-order valence-corrected chi connectivity index (χ4v) is 2.62. The first-order chi connectivity index (χ1) is 10.0. The summed E-state index contributed by atoms with van der Waals surface area (Å²) in [6.07, 6.45) is 1.95. The molecule has 1 heterocycles. The van der Waals surface area contributed by atoms with Gasteiger partial charge in [-0.05, 0) is 30.7 Å². The molecule has 0 aliphatic carbocycles. The Morgan fingerprint density at radius 1 is 1.33 bits per heavy atom. The first-order valence-corrected chi connectivity index (χ1v) is 7.39. The molecule has 0 bridgehead atoms. The highest BCUT2D eigenvalue weighted by Gasteiger charge is 2.32. The second kappa shape index (κ2) is 7.02. The van der Waals surface area contributed by atoms with E-state index in [0.29, 0.717) is 44.7 Å². The molecule has 0 unspecified atom stereocenters. The molecule has 2 rings (SSSR count). The van der Waals surface area contributed by atoms with Gasteiger partial charge in [0, 0.05) is 45.2 Å². The van der Waals surface area contributed by atoms with Gasteiger partial charge in [0.15, 0.2) is 0 Å². The molecular weight excluding hydrogens is 268 g/mol. The Hall–Kier alpha value is -1.43. The van der Waals surface area contributed by atoms with Crippen molar-refractivity contribution in [1.82, 2.24) is 4.90 Å². The van der Waals surface area contributed by atoms with Crippen molar-refractivity contribution in [2.24, 2.45) is 5.73 Å². The third kappa shape index (κ3) is 4.27. The average Bonchev–Trinajstić information content (AvgIpc) is 2.48. The largest absolute Gasteiger partial charge is 0.388 e. The summed E-state index contributed by atoms with van der Waals surface area (Å²) in [5.41, 5.74) is 6.44. The quantitative estimate of drug-likeness (QED) is 0.842. The number of likely N-dealkylation sites (N-methyl/N-ethyl adjacent to an activating group) is 1. The monoisotopic (exact) mass is 292 g/mol. The number of nitrogens with two attached hydrogens (primary N) is 1. The molecule has 0 atom stereocenters. The van der Waals surface area contributed by atoms with Gasteiger partial charge in [-0.2, -0.15) is 0 Å². The molecule has 1 aliphatic heterocycles. The van der Waals surface area contributed by atoms with E-state index >= 15 is 0 Å². The summed E-state index contributed by atoms with van der Waals surface area (Å²) in [4.78, 5) is 14.0. The van der Waals surface area contributed by atoms with E-state index in [4.69, 9.17) is 10.5 Å². The van der Waals surface area contributed by atoms with Gasteiger partial charge in [-0.1, -0.05) is 12.1 Å². The van der Waals surface area contributed by atoms with Crippen LogP contribution in [0.2, 0.25) is 0 Å². The zero-order chi connectivity index (χ0) is 15.3. The first-order valence-electron chi connectivity index (χ1n) is 7.39. The normalized spacial score (nSPS) is 17.5. The summed E-state index contributed by atoms with van der Waals surface area (Å²) in [6, 6.07) is 7.49. The molecule has 3 N–H and O–H groups in total. The molecule has 0 saturated carbocycles. The summed E-state index contributed by atoms with van der Waals surface area (Å²) < 4.78 is 5.25. The fraction of sp³-hybridized carbons (Fsp3) is 0.562. The SMILES string of the molecule is CN(CC1(O)CCOCC1)C(=O)c1ccc(CCN)cc1. The molecular formula is C16H24N2O3. The summed E-state index contributed by atoms with van der Waals surface area (Å²) in [7, 11) is 1.73. The van der Waals surface area contributed by atoms with Crippen LogP contribution in [-0.4, -0.2) is 54.9 Å². The standard InChI is InChI=1S/C16H24N2O3/c1-18(12-16(20)7-10-21-11-8-16)15(19)14-4-2-13(3-5-14)6-9-17/h2-5,20H,6-12,17H2,1H3. The number of amides is 1. The minimum atomic E-state index is -0.831. The van der Waals surface area contributed by atoms with E-state index < -0.39 is 5.60 Å². The van der Waals surface area contributed by atoms with Gasteiger partial charge in [-0.25, -0.2) is 0 Å². The van der Waals surface area contributed by atoms with Gasteiger partial charge in [-0.3, -0.25) is 4.79 Å². The zero-order valence-corrected chi connectivity index (χ0v) is 12.5. The molecule has 1 fully saturated rings. The second-order valence-corrected chi connectivity index (χ2v) is 5.73. The van der Waals surface area contributed by atoms with Crippen LogP contribution in [0.3, 0.4) is 0 Å². The van der Waals surface area contributed by atoms with Crippen molar-refractivity contribution in [2.75, 3.05) is 33.4 Å². The van der Waals surface area contributed by atoms with E-state index in [1.165, 1.54) is 0 Å². The Balaban J connectivity index is 1.98. The maximum Gasteiger partial charge on any atom is 0.253 e. The number of carbonyl (C=O) groups is 1. The average molecular weight is 292 g/mol. The van der Waals surface area contributed by atoms with Gasteiger partial charge in [0.1, 0.15) is 0 Å². The van der Waals surface area contributed by atoms with Crippen LogP contribution in [0.15, 0.2) is 24.3 Å². The third-order valence-corrected chi connectivity index (χ3v) is 3.94. The van der Waals surface area contributed by atoms with Crippen molar-refractivity contribution in [3.05, 3.63) is 35.4 Å². The van der Waals surface area contributed by atoms with Gasteiger partial charge >= 0.3 is 0 Å². The van der Waals surface area contributed by atoms with Crippen molar-refractivity contribution < 1.29 is 14.6 Å². The summed E-state index contributed by atoms with van der Waals surface area (Å²) >= 11 is 0. The second-order valence-electron chi connectivity index (χ2n) is 5.73. The Bertz CT molecular complexity index is 467. The van der Waals surface area contributed by atoms with Crippen LogP contribution in [0, 0.1) is 0 Å². The molecule has 116 valence electrons. The van der Waals surface area contributed by atoms with Gasteiger partial charge in [-0.15, -0.1) is 0 Å². The molecule has 1 amide bonds. The summed E-state index contributed by atoms with van der Waals surface area (Å²) in [5.74, 6) is -0.0748. The highest BCUT2D eigenvalue weighted by Crippen LogP contribution is 2.22. The van der Waals surface area contributed by atoms with E-state index in [2.05, 4.69) is 0 Å². The molecule has 0 radical (unpaired) electrons. The summed E-state index contributed by atoms with van der Waals surface area (Å²) in [5, 5.41) is 10.5. The topological polar surface area (TPSA) is 75.8 Å². The van der Waals surface area contributed by atoms with Crippen LogP contribution >= 0.6 is 0 Å². The number of carbonyl (C=O) groups excluding carboxylic acids is 1. The predicted molar refractivity (Wildman–Crippen MR) is 81.2 cm³/mol. The molecule has 1 aliphatic rings. The smallest absolute Gasteiger partial charge is 0.253 e. The van der Waals surface area contributed by atoms with Gasteiger partial charge in [0.2, 0.25) is 0 Å². The Labute approximate surface area is 125 Å². The molecule has 0 aromatic heterocycles. The van der Waals surface area contributed by atoms with Crippen LogP contribution < -0.4 is 5.73 Å². The number of hydrogen-bond donors (Lipinski definition) is 2. The van der Waals surface area contributed by atoms with Crippen LogP contribution in [0.25, 0.3) is 0 Å². The lowest BCUT2D eigenvalue weighted by Gasteiger charge is -2.35. The number of aliphatic hydroxyl groups is 1. The Kier molecular flexibility index (Phi) is 5.33. The van der Waals surface area contributed by atoms with Crippen molar-refractivity contribution in [1.29, 1.82) is 0 Å². The van der Waals surface area contributed by atoms with E-state index in [1.54, 1.807) is 11.9 Å². The minimum absolute atomic E-state index is 0.0748. The zero-order valence-electron chi connectivity index (χ0n) is 12.5. The maximum atomic E-state index is 12.4. The molecule has 1 saturated heterocycles. The Morgan fingerprint density at radius 2 is 1.95 bits per heavy atom. The van der Waals surface area contributed by atoms with Crippen LogP contribution in [-0.2, 0) is 11.2 Å². The molecule has 21 heavy (non-hydrogen) atoms. The number of nitrogens with zero attached hydrogens (tertiary/aromatic N) is 1. The highest BCUT2D eigenvalue weighted by atomic mass is 16.5. The highest BCUT2D eigenvalue weighted by molar-refractivity contribution is 5.94. The lowest BCUT2D eigenvalue weighted by atomic mass is 9.93. The number of rotatable bonds is 5. The van der Waals surface area contributed by atoms with Crippen molar-refractivity contribution in [3.63, 3.8) is 0 Å². The molecule has 5 heteroatoms. The van der Waals surface area contributed by atoms with Crippen LogP contribution in [0.4, 0.5) is 0 Å². The maximum absolute atomic E-state index is 12.4. The summed E-state index contributed by atoms with van der Waals surface area (Å²) in [6.45, 7) is 2.03. The lowest BCUT2D eigenvalue weighted by Crippen LogP contribution is -2.47. The van der Waals surface area contributed by atoms with E-state index in [9.17, 15) is 9.90 Å². The molecule has 1 aromatic carbocycles. The van der Waals surface area contributed by atoms with Crippen LogP contribution in [0.1, 0.15) is 28.8 Å². The number of ether oxygens (including phenoxy) is 1. The third-order valence-electron chi connectivity index (χ3n) is 3.94. The van der Waals surface area contributed by atoms with Crippen molar-refractivity contribution >= 4 is 5.91 Å². The number of hydrogen-bond acceptors (Lipinski definition) is 4. The van der Waals surface area contributed by atoms with Gasteiger partial charge in [0.25, 0.3) is 5.91 Å². The van der Waals surface area contributed by atoms with Crippen molar-refractivity contribution in [2.45, 2.75) is 24.9 Å². The van der Waals surface area contributed by atoms with E-state index in [-0.39, 0.29) is 5.91 Å². The lowest BCUT2D eigenvalue weighted by molar-refractivity contribution is -0.0734. The first kappa shape index (κ1) is 15.9. The van der Waals surface area contributed by atoms with Gasteiger partial charge < -0.3 is 20.5 Å². The molecule has 0 spiro atoms. The molecule has 5 nitrogen and oxygen atoms in total. The predicted octanol–water partition coefficient (Wildman–Crippen LogP) is 0.801.